The van der Waals surface area contributed by atoms with E-state index in [1.54, 1.807) is 18.2 Å². The van der Waals surface area contributed by atoms with Gasteiger partial charge in [0.1, 0.15) is 0 Å². The number of nitriles is 1. The van der Waals surface area contributed by atoms with E-state index in [1.807, 2.05) is 6.07 Å². The first-order valence-corrected chi connectivity index (χ1v) is 11.0. The molecule has 0 aliphatic carbocycles. The fraction of sp³-hybridized carbons (Fsp3) is 0.250. The lowest BCUT2D eigenvalue weighted by molar-refractivity contribution is -0.147. The van der Waals surface area contributed by atoms with Gasteiger partial charge in [0.15, 0.2) is 18.2 Å². The van der Waals surface area contributed by atoms with Gasteiger partial charge in [-0.1, -0.05) is 17.7 Å². The van der Waals surface area contributed by atoms with Crippen LogP contribution in [0.3, 0.4) is 0 Å². The van der Waals surface area contributed by atoms with Crippen LogP contribution in [0.1, 0.15) is 12.8 Å². The maximum Gasteiger partial charge on any atom is 0.307 e. The molecule has 2 aromatic carbocycles. The molecule has 0 heterocycles. The van der Waals surface area contributed by atoms with Gasteiger partial charge >= 0.3 is 5.97 Å². The number of benzene rings is 2. The summed E-state index contributed by atoms with van der Waals surface area (Å²) in [4.78, 5) is 25.1. The van der Waals surface area contributed by atoms with Crippen molar-refractivity contribution in [2.75, 3.05) is 24.6 Å². The molecule has 0 aliphatic rings. The van der Waals surface area contributed by atoms with E-state index >= 15 is 0 Å². The lowest BCUT2D eigenvalue weighted by Gasteiger charge is -2.21. The number of sulfonamides is 1. The van der Waals surface area contributed by atoms with E-state index in [0.29, 0.717) is 22.8 Å². The Morgan fingerprint density at radius 3 is 2.56 bits per heavy atom. The molecule has 0 fully saturated rings. The highest BCUT2D eigenvalue weighted by Crippen LogP contribution is 2.20. The monoisotopic (exact) mass is 485 g/mol. The first kappa shape index (κ1) is 25.2. The topological polar surface area (TPSA) is 117 Å². The van der Waals surface area contributed by atoms with Crippen LogP contribution in [0.15, 0.2) is 47.4 Å². The lowest BCUT2D eigenvalue weighted by atomic mass is 10.2. The number of anilines is 1. The van der Waals surface area contributed by atoms with Gasteiger partial charge in [-0.05, 0) is 36.4 Å². The third-order valence-electron chi connectivity index (χ3n) is 4.05. The Balaban J connectivity index is 1.88. The van der Waals surface area contributed by atoms with Gasteiger partial charge in [0.2, 0.25) is 10.0 Å². The number of amides is 1. The zero-order chi connectivity index (χ0) is 23.7. The van der Waals surface area contributed by atoms with Crippen LogP contribution in [0.4, 0.5) is 14.5 Å². The predicted molar refractivity (Wildman–Crippen MR) is 111 cm³/mol. The molecule has 32 heavy (non-hydrogen) atoms. The van der Waals surface area contributed by atoms with Crippen molar-refractivity contribution < 1.29 is 31.5 Å². The zero-order valence-electron chi connectivity index (χ0n) is 16.6. The summed E-state index contributed by atoms with van der Waals surface area (Å²) in [6, 6.07) is 10.3. The number of carbonyl (C=O) groups is 2. The van der Waals surface area contributed by atoms with Crippen molar-refractivity contribution in [3.05, 3.63) is 59.1 Å². The molecule has 0 bridgehead atoms. The summed E-state index contributed by atoms with van der Waals surface area (Å²) in [5.41, 5.74) is 0.424. The molecule has 8 nitrogen and oxygen atoms in total. The second kappa shape index (κ2) is 11.5. The van der Waals surface area contributed by atoms with E-state index in [0.717, 1.165) is 6.07 Å². The molecule has 0 spiro atoms. The summed E-state index contributed by atoms with van der Waals surface area (Å²) < 4.78 is 57.2. The van der Waals surface area contributed by atoms with Gasteiger partial charge in [-0.25, -0.2) is 21.9 Å². The Bertz CT molecular complexity index is 1140. The van der Waals surface area contributed by atoms with Crippen LogP contribution < -0.4 is 9.62 Å². The third-order valence-corrected chi connectivity index (χ3v) is 5.74. The van der Waals surface area contributed by atoms with Crippen LogP contribution in [-0.4, -0.2) is 40.0 Å². The molecule has 170 valence electrons. The number of esters is 1. The Labute approximate surface area is 188 Å². The molecular formula is C20H18ClF2N3O5S. The summed E-state index contributed by atoms with van der Waals surface area (Å²) >= 11 is 5.93. The Hall–Kier alpha value is -3.07. The first-order valence-electron chi connectivity index (χ1n) is 9.17. The van der Waals surface area contributed by atoms with Gasteiger partial charge in [-0.2, -0.15) is 5.26 Å². The summed E-state index contributed by atoms with van der Waals surface area (Å²) in [5.74, 6) is -3.99. The van der Waals surface area contributed by atoms with Crippen LogP contribution in [0.25, 0.3) is 0 Å². The van der Waals surface area contributed by atoms with Crippen LogP contribution in [-0.2, 0) is 24.3 Å². The Morgan fingerprint density at radius 1 is 1.16 bits per heavy atom. The molecule has 2 aromatic rings. The van der Waals surface area contributed by atoms with E-state index in [2.05, 4.69) is 4.72 Å². The van der Waals surface area contributed by atoms with Gasteiger partial charge in [0.25, 0.3) is 5.91 Å². The number of hydrogen-bond acceptors (Lipinski definition) is 6. The molecule has 1 N–H and O–H groups in total. The van der Waals surface area contributed by atoms with E-state index in [4.69, 9.17) is 21.6 Å². The minimum absolute atomic E-state index is 0.0396. The summed E-state index contributed by atoms with van der Waals surface area (Å²) in [6.07, 6.45) is -0.372. The standard InChI is InChI=1S/C20H18ClF2N3O5S/c21-14-3-1-4-15(11-14)26(10-2-8-24)19(27)13-31-20(28)7-9-25-32(29,30)16-5-6-17(22)18(23)12-16/h1,3-6,11-12,25H,2,7,9-10,13H2. The molecule has 0 aliphatic heterocycles. The number of carbonyl (C=O) groups excluding carboxylic acids is 2. The van der Waals surface area contributed by atoms with Crippen LogP contribution in [0, 0.1) is 23.0 Å². The Morgan fingerprint density at radius 2 is 1.91 bits per heavy atom. The van der Waals surface area contributed by atoms with Crippen molar-refractivity contribution in [1.82, 2.24) is 4.72 Å². The highest BCUT2D eigenvalue weighted by Gasteiger charge is 2.19. The number of ether oxygens (including phenoxy) is 1. The summed E-state index contributed by atoms with van der Waals surface area (Å²) in [6.45, 7) is -0.964. The lowest BCUT2D eigenvalue weighted by Crippen LogP contribution is -2.36. The van der Waals surface area contributed by atoms with Gasteiger partial charge in [0.05, 0.1) is 23.8 Å². The second-order valence-electron chi connectivity index (χ2n) is 6.32. The molecule has 0 saturated heterocycles. The van der Waals surface area contributed by atoms with Crippen LogP contribution >= 0.6 is 11.6 Å². The van der Waals surface area contributed by atoms with Crippen molar-refractivity contribution >= 4 is 39.2 Å². The quantitative estimate of drug-likeness (QED) is 0.517. The maximum atomic E-state index is 13.2. The molecule has 12 heteroatoms. The minimum Gasteiger partial charge on any atom is -0.456 e. The SMILES string of the molecule is N#CCCN(C(=O)COC(=O)CCNS(=O)(=O)c1ccc(F)c(F)c1)c1cccc(Cl)c1. The van der Waals surface area contributed by atoms with Gasteiger partial charge in [-0.3, -0.25) is 9.59 Å². The minimum atomic E-state index is -4.17. The third kappa shape index (κ3) is 7.26. The smallest absolute Gasteiger partial charge is 0.307 e. The average Bonchev–Trinajstić information content (AvgIpc) is 2.74. The molecule has 2 rings (SSSR count). The maximum absolute atomic E-state index is 13.2. The fourth-order valence-electron chi connectivity index (χ4n) is 2.51. The predicted octanol–water partition coefficient (Wildman–Crippen LogP) is 2.78. The molecule has 0 unspecified atom stereocenters. The van der Waals surface area contributed by atoms with Crippen molar-refractivity contribution in [1.29, 1.82) is 5.26 Å². The molecule has 0 atom stereocenters. The van der Waals surface area contributed by atoms with E-state index in [-0.39, 0.29) is 19.5 Å². The second-order valence-corrected chi connectivity index (χ2v) is 8.52. The van der Waals surface area contributed by atoms with Crippen LogP contribution in [0.2, 0.25) is 5.02 Å². The molecule has 1 amide bonds. The summed E-state index contributed by atoms with van der Waals surface area (Å²) in [5, 5.41) is 9.17. The van der Waals surface area contributed by atoms with E-state index < -0.39 is 51.5 Å². The largest absolute Gasteiger partial charge is 0.456 e. The van der Waals surface area contributed by atoms with Crippen LogP contribution in [0.5, 0.6) is 0 Å². The zero-order valence-corrected chi connectivity index (χ0v) is 18.1. The molecule has 0 radical (unpaired) electrons. The number of nitrogens with zero attached hydrogens (tertiary/aromatic N) is 2. The average molecular weight is 486 g/mol. The van der Waals surface area contributed by atoms with Crippen molar-refractivity contribution in [2.24, 2.45) is 0 Å². The van der Waals surface area contributed by atoms with Crippen molar-refractivity contribution in [3.63, 3.8) is 0 Å². The molecule has 0 aromatic heterocycles. The Kier molecular flexibility index (Phi) is 9.07. The van der Waals surface area contributed by atoms with Gasteiger partial charge in [-0.15, -0.1) is 0 Å². The van der Waals surface area contributed by atoms with Gasteiger partial charge in [0, 0.05) is 23.8 Å². The van der Waals surface area contributed by atoms with Crippen molar-refractivity contribution in [2.45, 2.75) is 17.7 Å². The molecule has 0 saturated carbocycles. The van der Waals surface area contributed by atoms with E-state index in [9.17, 15) is 26.8 Å². The highest BCUT2D eigenvalue weighted by atomic mass is 35.5. The fourth-order valence-corrected chi connectivity index (χ4v) is 3.74. The summed E-state index contributed by atoms with van der Waals surface area (Å²) in [7, 11) is -4.17. The normalized spacial score (nSPS) is 10.9. The first-order chi connectivity index (χ1) is 15.1. The molecular weight excluding hydrogens is 468 g/mol. The highest BCUT2D eigenvalue weighted by molar-refractivity contribution is 7.89. The number of rotatable bonds is 10. The van der Waals surface area contributed by atoms with E-state index in [1.165, 1.54) is 11.0 Å². The number of halogens is 3. The van der Waals surface area contributed by atoms with Gasteiger partial charge < -0.3 is 9.64 Å². The number of hydrogen-bond donors (Lipinski definition) is 1. The van der Waals surface area contributed by atoms with Crippen molar-refractivity contribution in [3.8, 4) is 6.07 Å². The number of nitrogens with one attached hydrogen (secondary N) is 1.